The maximum absolute atomic E-state index is 12.2. The molecule has 136 valence electrons. The number of carbonyl (C=O) groups is 2. The predicted octanol–water partition coefficient (Wildman–Crippen LogP) is 4.72. The van der Waals surface area contributed by atoms with E-state index in [0.717, 1.165) is 4.47 Å². The largest absolute Gasteiger partial charge is 0.484 e. The molecule has 0 aromatic heterocycles. The number of benzene rings is 3. The van der Waals surface area contributed by atoms with Crippen molar-refractivity contribution < 1.29 is 14.3 Å². The number of hydrogen-bond acceptors (Lipinski definition) is 3. The maximum Gasteiger partial charge on any atom is 0.262 e. The van der Waals surface area contributed by atoms with Crippen molar-refractivity contribution in [1.29, 1.82) is 0 Å². The summed E-state index contributed by atoms with van der Waals surface area (Å²) < 4.78 is 6.38. The molecule has 0 aliphatic carbocycles. The van der Waals surface area contributed by atoms with Crippen molar-refractivity contribution in [3.05, 3.63) is 88.9 Å². The van der Waals surface area contributed by atoms with E-state index in [1.807, 2.05) is 18.2 Å². The first kappa shape index (κ1) is 18.7. The van der Waals surface area contributed by atoms with Gasteiger partial charge < -0.3 is 15.4 Å². The number of rotatable bonds is 6. The van der Waals surface area contributed by atoms with Gasteiger partial charge in [-0.3, -0.25) is 9.59 Å². The third-order valence-electron chi connectivity index (χ3n) is 3.62. The highest BCUT2D eigenvalue weighted by atomic mass is 79.9. The second-order valence-electron chi connectivity index (χ2n) is 5.69. The van der Waals surface area contributed by atoms with Crippen LogP contribution in [0.5, 0.6) is 5.75 Å². The summed E-state index contributed by atoms with van der Waals surface area (Å²) in [5.41, 5.74) is 1.73. The smallest absolute Gasteiger partial charge is 0.262 e. The van der Waals surface area contributed by atoms with E-state index in [1.165, 1.54) is 0 Å². The molecule has 0 saturated carbocycles. The molecular formula is C21H17BrN2O3. The molecule has 27 heavy (non-hydrogen) atoms. The summed E-state index contributed by atoms with van der Waals surface area (Å²) in [4.78, 5) is 24.3. The second-order valence-corrected chi connectivity index (χ2v) is 6.61. The number of hydrogen-bond donors (Lipinski definition) is 2. The van der Waals surface area contributed by atoms with E-state index >= 15 is 0 Å². The number of carbonyl (C=O) groups excluding carboxylic acids is 2. The zero-order valence-electron chi connectivity index (χ0n) is 14.3. The Morgan fingerprint density at radius 2 is 1.48 bits per heavy atom. The zero-order valence-corrected chi connectivity index (χ0v) is 15.9. The molecule has 5 nitrogen and oxygen atoms in total. The zero-order chi connectivity index (χ0) is 19.1. The molecule has 3 aromatic carbocycles. The van der Waals surface area contributed by atoms with Crippen LogP contribution in [0.25, 0.3) is 0 Å². The molecule has 0 bridgehead atoms. The van der Waals surface area contributed by atoms with Gasteiger partial charge in [-0.2, -0.15) is 0 Å². The topological polar surface area (TPSA) is 67.4 Å². The van der Waals surface area contributed by atoms with Crippen molar-refractivity contribution >= 4 is 39.1 Å². The minimum Gasteiger partial charge on any atom is -0.484 e. The standard InChI is InChI=1S/C21H17BrN2O3/c22-16-9-11-19(12-10-16)27-14-20(25)23-17-7-4-8-18(13-17)24-21(26)15-5-2-1-3-6-15/h1-13H,14H2,(H,23,25)(H,24,26). The molecule has 2 amide bonds. The van der Waals surface area contributed by atoms with Crippen LogP contribution in [0, 0.1) is 0 Å². The lowest BCUT2D eigenvalue weighted by Gasteiger charge is -2.10. The molecule has 0 aliphatic rings. The first-order chi connectivity index (χ1) is 13.1. The van der Waals surface area contributed by atoms with E-state index in [2.05, 4.69) is 26.6 Å². The summed E-state index contributed by atoms with van der Waals surface area (Å²) in [6.45, 7) is -0.109. The summed E-state index contributed by atoms with van der Waals surface area (Å²) in [6.07, 6.45) is 0. The highest BCUT2D eigenvalue weighted by Gasteiger charge is 2.07. The van der Waals surface area contributed by atoms with E-state index in [-0.39, 0.29) is 18.4 Å². The Morgan fingerprint density at radius 1 is 0.815 bits per heavy atom. The Bertz CT molecular complexity index is 928. The SMILES string of the molecule is O=C(COc1ccc(Br)cc1)Nc1cccc(NC(=O)c2ccccc2)c1. The van der Waals surface area contributed by atoms with Crippen LogP contribution >= 0.6 is 15.9 Å². The van der Waals surface area contributed by atoms with E-state index in [1.54, 1.807) is 60.7 Å². The Labute approximate surface area is 165 Å². The van der Waals surface area contributed by atoms with Gasteiger partial charge in [-0.25, -0.2) is 0 Å². The van der Waals surface area contributed by atoms with Crippen molar-refractivity contribution in [1.82, 2.24) is 0 Å². The summed E-state index contributed by atoms with van der Waals surface area (Å²) >= 11 is 3.34. The van der Waals surface area contributed by atoms with Crippen LogP contribution < -0.4 is 15.4 Å². The van der Waals surface area contributed by atoms with Crippen LogP contribution in [0.15, 0.2) is 83.3 Å². The van der Waals surface area contributed by atoms with Gasteiger partial charge in [-0.1, -0.05) is 40.2 Å². The van der Waals surface area contributed by atoms with Crippen LogP contribution in [0.2, 0.25) is 0 Å². The average molecular weight is 425 g/mol. The molecule has 0 fully saturated rings. The molecule has 0 unspecified atom stereocenters. The first-order valence-corrected chi connectivity index (χ1v) is 9.04. The Morgan fingerprint density at radius 3 is 2.19 bits per heavy atom. The summed E-state index contributed by atoms with van der Waals surface area (Å²) in [5, 5.41) is 5.56. The lowest BCUT2D eigenvalue weighted by molar-refractivity contribution is -0.118. The van der Waals surface area contributed by atoms with Crippen molar-refractivity contribution in [2.75, 3.05) is 17.2 Å². The Hall–Kier alpha value is -3.12. The van der Waals surface area contributed by atoms with Crippen molar-refractivity contribution in [3.63, 3.8) is 0 Å². The van der Waals surface area contributed by atoms with Gasteiger partial charge in [0, 0.05) is 21.4 Å². The van der Waals surface area contributed by atoms with E-state index < -0.39 is 0 Å². The van der Waals surface area contributed by atoms with Crippen LogP contribution in [0.3, 0.4) is 0 Å². The van der Waals surface area contributed by atoms with Crippen molar-refractivity contribution in [2.45, 2.75) is 0 Å². The first-order valence-electron chi connectivity index (χ1n) is 8.25. The van der Waals surface area contributed by atoms with Crippen LogP contribution in [-0.4, -0.2) is 18.4 Å². The third-order valence-corrected chi connectivity index (χ3v) is 4.15. The fourth-order valence-corrected chi connectivity index (χ4v) is 2.61. The van der Waals surface area contributed by atoms with Crippen molar-refractivity contribution in [2.24, 2.45) is 0 Å². The normalized spacial score (nSPS) is 10.1. The van der Waals surface area contributed by atoms with Gasteiger partial charge in [0.15, 0.2) is 6.61 Å². The van der Waals surface area contributed by atoms with Gasteiger partial charge in [0.25, 0.3) is 11.8 Å². The molecule has 2 N–H and O–H groups in total. The molecule has 0 atom stereocenters. The molecule has 0 radical (unpaired) electrons. The summed E-state index contributed by atoms with van der Waals surface area (Å²) in [5.74, 6) is 0.110. The second kappa shape index (κ2) is 9.00. The predicted molar refractivity (Wildman–Crippen MR) is 109 cm³/mol. The lowest BCUT2D eigenvalue weighted by atomic mass is 10.2. The monoisotopic (exact) mass is 424 g/mol. The molecule has 0 aliphatic heterocycles. The molecule has 0 saturated heterocycles. The average Bonchev–Trinajstić information content (AvgIpc) is 2.68. The van der Waals surface area contributed by atoms with E-state index in [9.17, 15) is 9.59 Å². The Kier molecular flexibility index (Phi) is 6.22. The van der Waals surface area contributed by atoms with Crippen LogP contribution in [0.4, 0.5) is 11.4 Å². The summed E-state index contributed by atoms with van der Waals surface area (Å²) in [7, 11) is 0. The highest BCUT2D eigenvalue weighted by molar-refractivity contribution is 9.10. The number of anilines is 2. The minimum atomic E-state index is -0.288. The molecule has 0 heterocycles. The van der Waals surface area contributed by atoms with Gasteiger partial charge in [0.05, 0.1) is 0 Å². The highest BCUT2D eigenvalue weighted by Crippen LogP contribution is 2.18. The van der Waals surface area contributed by atoms with Gasteiger partial charge in [-0.15, -0.1) is 0 Å². The van der Waals surface area contributed by atoms with Crippen LogP contribution in [-0.2, 0) is 4.79 Å². The fourth-order valence-electron chi connectivity index (χ4n) is 2.34. The molecule has 3 rings (SSSR count). The number of amides is 2. The van der Waals surface area contributed by atoms with E-state index in [0.29, 0.717) is 22.7 Å². The number of nitrogens with one attached hydrogen (secondary N) is 2. The van der Waals surface area contributed by atoms with Gasteiger partial charge in [0.1, 0.15) is 5.75 Å². The third kappa shape index (κ3) is 5.69. The molecule has 0 spiro atoms. The van der Waals surface area contributed by atoms with Crippen LogP contribution in [0.1, 0.15) is 10.4 Å². The molecular weight excluding hydrogens is 408 g/mol. The number of halogens is 1. The molecule has 3 aromatic rings. The lowest BCUT2D eigenvalue weighted by Crippen LogP contribution is -2.20. The quantitative estimate of drug-likeness (QED) is 0.601. The van der Waals surface area contributed by atoms with Gasteiger partial charge in [0.2, 0.25) is 0 Å². The summed E-state index contributed by atoms with van der Waals surface area (Å²) in [6, 6.07) is 23.1. The van der Waals surface area contributed by atoms with Crippen molar-refractivity contribution in [3.8, 4) is 5.75 Å². The Balaban J connectivity index is 1.56. The van der Waals surface area contributed by atoms with Gasteiger partial charge in [-0.05, 0) is 54.6 Å². The number of ether oxygens (including phenoxy) is 1. The molecule has 6 heteroatoms. The fraction of sp³-hybridized carbons (Fsp3) is 0.0476. The minimum absolute atomic E-state index is 0.109. The maximum atomic E-state index is 12.2. The van der Waals surface area contributed by atoms with Gasteiger partial charge >= 0.3 is 0 Å². The van der Waals surface area contributed by atoms with E-state index in [4.69, 9.17) is 4.74 Å².